The van der Waals surface area contributed by atoms with Gasteiger partial charge in [0.15, 0.2) is 0 Å². The first kappa shape index (κ1) is 15.0. The summed E-state index contributed by atoms with van der Waals surface area (Å²) in [7, 11) is 0. The van der Waals surface area contributed by atoms with Crippen LogP contribution in [0.5, 0.6) is 0 Å². The molecule has 2 rings (SSSR count). The van der Waals surface area contributed by atoms with Gasteiger partial charge in [0.1, 0.15) is 0 Å². The van der Waals surface area contributed by atoms with Gasteiger partial charge in [-0.05, 0) is 32.3 Å². The molecule has 1 aliphatic heterocycles. The van der Waals surface area contributed by atoms with Crippen LogP contribution in [0.1, 0.15) is 38.3 Å². The molecule has 110 valence electrons. The summed E-state index contributed by atoms with van der Waals surface area (Å²) in [4.78, 5) is 11.9. The topological polar surface area (TPSA) is 50.4 Å². The van der Waals surface area contributed by atoms with E-state index in [1.165, 1.54) is 0 Å². The van der Waals surface area contributed by atoms with Gasteiger partial charge in [-0.15, -0.1) is 0 Å². The first-order valence-corrected chi connectivity index (χ1v) is 7.36. The van der Waals surface area contributed by atoms with E-state index in [2.05, 4.69) is 17.6 Å². The lowest BCUT2D eigenvalue weighted by molar-refractivity contribution is -0.121. The van der Waals surface area contributed by atoms with Crippen molar-refractivity contribution in [3.05, 3.63) is 35.9 Å². The third-order valence-electron chi connectivity index (χ3n) is 3.78. The number of rotatable bonds is 6. The Morgan fingerprint density at radius 2 is 2.10 bits per heavy atom. The molecule has 0 radical (unpaired) electrons. The Morgan fingerprint density at radius 1 is 1.35 bits per heavy atom. The first-order valence-electron chi connectivity index (χ1n) is 7.36. The summed E-state index contributed by atoms with van der Waals surface area (Å²) in [6.07, 6.45) is 2.44. The second-order valence-electron chi connectivity index (χ2n) is 5.42. The summed E-state index contributed by atoms with van der Waals surface area (Å²) in [5, 5.41) is 6.24. The molecule has 4 nitrogen and oxygen atoms in total. The van der Waals surface area contributed by atoms with Crippen LogP contribution in [0, 0.1) is 0 Å². The number of benzene rings is 1. The monoisotopic (exact) mass is 276 g/mol. The summed E-state index contributed by atoms with van der Waals surface area (Å²) in [5.74, 6) is 0.0196. The number of carbonyl (C=O) groups is 1. The molecule has 0 unspecified atom stereocenters. The van der Waals surface area contributed by atoms with Gasteiger partial charge in [-0.2, -0.15) is 0 Å². The highest BCUT2D eigenvalue weighted by Crippen LogP contribution is 2.15. The number of hydrogen-bond acceptors (Lipinski definition) is 3. The van der Waals surface area contributed by atoms with Crippen molar-refractivity contribution in [3.8, 4) is 0 Å². The van der Waals surface area contributed by atoms with E-state index in [4.69, 9.17) is 4.74 Å². The molecule has 0 spiro atoms. The predicted octanol–water partition coefficient (Wildman–Crippen LogP) is 2.02. The molecular weight excluding hydrogens is 252 g/mol. The van der Waals surface area contributed by atoms with Crippen molar-refractivity contribution in [1.29, 1.82) is 0 Å². The molecule has 4 heteroatoms. The van der Waals surface area contributed by atoms with Crippen molar-refractivity contribution in [2.24, 2.45) is 0 Å². The molecule has 0 aliphatic carbocycles. The number of hydrogen-bond donors (Lipinski definition) is 2. The van der Waals surface area contributed by atoms with Crippen molar-refractivity contribution in [3.63, 3.8) is 0 Å². The van der Waals surface area contributed by atoms with Gasteiger partial charge in [0, 0.05) is 12.6 Å². The predicted molar refractivity (Wildman–Crippen MR) is 79.4 cm³/mol. The fourth-order valence-electron chi connectivity index (χ4n) is 2.50. The van der Waals surface area contributed by atoms with Gasteiger partial charge in [-0.25, -0.2) is 0 Å². The molecule has 1 saturated heterocycles. The lowest BCUT2D eigenvalue weighted by Gasteiger charge is -2.20. The van der Waals surface area contributed by atoms with Gasteiger partial charge in [0.2, 0.25) is 5.91 Å². The molecule has 1 heterocycles. The first-order chi connectivity index (χ1) is 9.66. The minimum atomic E-state index is 0.0196. The van der Waals surface area contributed by atoms with E-state index >= 15 is 0 Å². The molecule has 1 amide bonds. The minimum Gasteiger partial charge on any atom is -0.377 e. The van der Waals surface area contributed by atoms with E-state index in [-0.39, 0.29) is 24.1 Å². The number of ether oxygens (including phenoxy) is 1. The summed E-state index contributed by atoms with van der Waals surface area (Å²) in [6.45, 7) is 5.24. The number of nitrogens with one attached hydrogen (secondary N) is 2. The zero-order chi connectivity index (χ0) is 14.4. The molecule has 1 aromatic rings. The fraction of sp³-hybridized carbons (Fsp3) is 0.562. The van der Waals surface area contributed by atoms with Crippen LogP contribution in [0.15, 0.2) is 30.3 Å². The van der Waals surface area contributed by atoms with Crippen molar-refractivity contribution in [2.75, 3.05) is 13.2 Å². The van der Waals surface area contributed by atoms with Gasteiger partial charge in [-0.3, -0.25) is 4.79 Å². The zero-order valence-corrected chi connectivity index (χ0v) is 12.3. The quantitative estimate of drug-likeness (QED) is 0.836. The molecule has 0 bridgehead atoms. The molecule has 0 aromatic heterocycles. The maximum atomic E-state index is 11.9. The maximum Gasteiger partial charge on any atom is 0.234 e. The van der Waals surface area contributed by atoms with Crippen LogP contribution < -0.4 is 10.6 Å². The molecule has 1 fully saturated rings. The van der Waals surface area contributed by atoms with Crippen molar-refractivity contribution < 1.29 is 9.53 Å². The Kier molecular flexibility index (Phi) is 5.56. The smallest absolute Gasteiger partial charge is 0.234 e. The Balaban J connectivity index is 1.72. The highest BCUT2D eigenvalue weighted by Gasteiger charge is 2.22. The van der Waals surface area contributed by atoms with Gasteiger partial charge in [-0.1, -0.05) is 30.3 Å². The van der Waals surface area contributed by atoms with Gasteiger partial charge in [0.25, 0.3) is 0 Å². The molecule has 0 saturated carbocycles. The average molecular weight is 276 g/mol. The fourth-order valence-corrected chi connectivity index (χ4v) is 2.50. The van der Waals surface area contributed by atoms with E-state index < -0.39 is 0 Å². The largest absolute Gasteiger partial charge is 0.377 e. The molecule has 1 aromatic carbocycles. The van der Waals surface area contributed by atoms with E-state index in [9.17, 15) is 4.79 Å². The van der Waals surface area contributed by atoms with Gasteiger partial charge < -0.3 is 15.4 Å². The van der Waals surface area contributed by atoms with E-state index in [1.807, 2.05) is 37.3 Å². The number of carbonyl (C=O) groups excluding carboxylic acids is 1. The summed E-state index contributed by atoms with van der Waals surface area (Å²) < 4.78 is 5.60. The molecule has 20 heavy (non-hydrogen) atoms. The van der Waals surface area contributed by atoms with Crippen LogP contribution in [-0.2, 0) is 9.53 Å². The lowest BCUT2D eigenvalue weighted by Crippen LogP contribution is -2.43. The highest BCUT2D eigenvalue weighted by atomic mass is 16.5. The van der Waals surface area contributed by atoms with Crippen LogP contribution in [0.2, 0.25) is 0 Å². The minimum absolute atomic E-state index is 0.0196. The average Bonchev–Trinajstić information content (AvgIpc) is 3.00. The Morgan fingerprint density at radius 3 is 2.75 bits per heavy atom. The third-order valence-corrected chi connectivity index (χ3v) is 3.78. The van der Waals surface area contributed by atoms with E-state index in [1.54, 1.807) is 0 Å². The second-order valence-corrected chi connectivity index (χ2v) is 5.42. The molecule has 2 N–H and O–H groups in total. The SMILES string of the molecule is C[C@H](NC(=O)CN[C@H](C)[C@@H]1CCCO1)c1ccccc1. The summed E-state index contributed by atoms with van der Waals surface area (Å²) in [6, 6.07) is 10.2. The second kappa shape index (κ2) is 7.41. The van der Waals surface area contributed by atoms with Crippen molar-refractivity contribution >= 4 is 5.91 Å². The Labute approximate surface area is 120 Å². The number of amides is 1. The van der Waals surface area contributed by atoms with Gasteiger partial charge >= 0.3 is 0 Å². The molecule has 3 atom stereocenters. The van der Waals surface area contributed by atoms with E-state index in [0.717, 1.165) is 25.0 Å². The van der Waals surface area contributed by atoms with E-state index in [0.29, 0.717) is 6.54 Å². The lowest BCUT2D eigenvalue weighted by atomic mass is 10.1. The van der Waals surface area contributed by atoms with Crippen LogP contribution >= 0.6 is 0 Å². The van der Waals surface area contributed by atoms with Crippen LogP contribution in [0.25, 0.3) is 0 Å². The summed E-state index contributed by atoms with van der Waals surface area (Å²) >= 11 is 0. The van der Waals surface area contributed by atoms with Crippen molar-refractivity contribution in [2.45, 2.75) is 44.9 Å². The maximum absolute atomic E-state index is 11.9. The van der Waals surface area contributed by atoms with Crippen LogP contribution in [0.4, 0.5) is 0 Å². The van der Waals surface area contributed by atoms with Gasteiger partial charge in [0.05, 0.1) is 18.7 Å². The highest BCUT2D eigenvalue weighted by molar-refractivity contribution is 5.78. The third kappa shape index (κ3) is 4.32. The normalized spacial score (nSPS) is 21.4. The van der Waals surface area contributed by atoms with Crippen LogP contribution in [0.3, 0.4) is 0 Å². The standard InChI is InChI=1S/C16H24N2O2/c1-12(14-7-4-3-5-8-14)18-16(19)11-17-13(2)15-9-6-10-20-15/h3-5,7-8,12-13,15,17H,6,9-11H2,1-2H3,(H,18,19)/t12-,13+,15-/m0/s1. The van der Waals surface area contributed by atoms with Crippen LogP contribution in [-0.4, -0.2) is 31.2 Å². The molecular formula is C16H24N2O2. The molecule has 1 aliphatic rings. The Bertz CT molecular complexity index is 416. The summed E-state index contributed by atoms with van der Waals surface area (Å²) in [5.41, 5.74) is 1.12. The zero-order valence-electron chi connectivity index (χ0n) is 12.3. The Hall–Kier alpha value is -1.39. The van der Waals surface area contributed by atoms with Crippen molar-refractivity contribution in [1.82, 2.24) is 10.6 Å².